The molecule has 0 aromatic carbocycles. The minimum atomic E-state index is 0.608. The minimum Gasteiger partial charge on any atom is -0.360 e. The molecule has 0 unspecified atom stereocenters. The van der Waals surface area contributed by atoms with Gasteiger partial charge in [-0.3, -0.25) is 0 Å². The molecular formula is C12H20N4. The SMILES string of the molecule is CCCCN(C)c1ccnc(NC2CC2)n1. The molecule has 4 nitrogen and oxygen atoms in total. The number of unbranched alkanes of at least 4 members (excludes halogenated alkanes) is 1. The Morgan fingerprint density at radius 2 is 2.31 bits per heavy atom. The Morgan fingerprint density at radius 1 is 1.50 bits per heavy atom. The summed E-state index contributed by atoms with van der Waals surface area (Å²) in [6, 6.07) is 2.57. The molecule has 2 rings (SSSR count). The smallest absolute Gasteiger partial charge is 0.224 e. The first kappa shape index (κ1) is 11.2. The van der Waals surface area contributed by atoms with Crippen LogP contribution in [-0.4, -0.2) is 29.6 Å². The Bertz CT molecular complexity index is 336. The normalized spacial score (nSPS) is 14.9. The lowest BCUT2D eigenvalue weighted by Gasteiger charge is -2.18. The summed E-state index contributed by atoms with van der Waals surface area (Å²) < 4.78 is 0. The Hall–Kier alpha value is -1.32. The van der Waals surface area contributed by atoms with E-state index in [-0.39, 0.29) is 0 Å². The third kappa shape index (κ3) is 3.08. The van der Waals surface area contributed by atoms with Gasteiger partial charge in [-0.2, -0.15) is 4.98 Å². The molecule has 0 saturated heterocycles. The van der Waals surface area contributed by atoms with Gasteiger partial charge in [0.25, 0.3) is 0 Å². The zero-order valence-electron chi connectivity index (χ0n) is 10.1. The van der Waals surface area contributed by atoms with Gasteiger partial charge in [0.2, 0.25) is 5.95 Å². The highest BCUT2D eigenvalue weighted by Crippen LogP contribution is 2.23. The number of rotatable bonds is 6. The zero-order valence-corrected chi connectivity index (χ0v) is 10.1. The van der Waals surface area contributed by atoms with Gasteiger partial charge in [-0.15, -0.1) is 0 Å². The summed E-state index contributed by atoms with van der Waals surface area (Å²) in [4.78, 5) is 10.9. The first-order valence-corrected chi connectivity index (χ1v) is 6.10. The van der Waals surface area contributed by atoms with Crippen LogP contribution in [0.2, 0.25) is 0 Å². The fraction of sp³-hybridized carbons (Fsp3) is 0.667. The maximum absolute atomic E-state index is 4.51. The molecular weight excluding hydrogens is 200 g/mol. The molecule has 0 spiro atoms. The molecule has 1 aromatic heterocycles. The summed E-state index contributed by atoms with van der Waals surface area (Å²) in [5.74, 6) is 1.77. The second-order valence-electron chi connectivity index (χ2n) is 4.43. The molecule has 0 bridgehead atoms. The van der Waals surface area contributed by atoms with E-state index < -0.39 is 0 Å². The summed E-state index contributed by atoms with van der Waals surface area (Å²) >= 11 is 0. The van der Waals surface area contributed by atoms with E-state index in [1.165, 1.54) is 25.7 Å². The number of nitrogens with zero attached hydrogens (tertiary/aromatic N) is 3. The second kappa shape index (κ2) is 5.14. The van der Waals surface area contributed by atoms with Crippen molar-refractivity contribution < 1.29 is 0 Å². The average molecular weight is 220 g/mol. The summed E-state index contributed by atoms with van der Waals surface area (Å²) in [5.41, 5.74) is 0. The van der Waals surface area contributed by atoms with Crippen molar-refractivity contribution >= 4 is 11.8 Å². The highest BCUT2D eigenvalue weighted by atomic mass is 15.2. The molecule has 1 N–H and O–H groups in total. The molecule has 16 heavy (non-hydrogen) atoms. The molecule has 88 valence electrons. The Morgan fingerprint density at radius 3 is 3.00 bits per heavy atom. The van der Waals surface area contributed by atoms with Crippen LogP contribution >= 0.6 is 0 Å². The van der Waals surface area contributed by atoms with Gasteiger partial charge in [-0.25, -0.2) is 4.98 Å². The van der Waals surface area contributed by atoms with Crippen molar-refractivity contribution in [3.8, 4) is 0 Å². The number of aromatic nitrogens is 2. The molecule has 1 aliphatic rings. The Kier molecular flexibility index (Phi) is 3.59. The molecule has 0 radical (unpaired) electrons. The van der Waals surface area contributed by atoms with Crippen LogP contribution < -0.4 is 10.2 Å². The lowest BCUT2D eigenvalue weighted by Crippen LogP contribution is -2.20. The van der Waals surface area contributed by atoms with Crippen molar-refractivity contribution in [2.45, 2.75) is 38.6 Å². The minimum absolute atomic E-state index is 0.608. The second-order valence-corrected chi connectivity index (χ2v) is 4.43. The highest BCUT2D eigenvalue weighted by molar-refractivity contribution is 5.42. The molecule has 0 atom stereocenters. The Balaban J connectivity index is 1.96. The monoisotopic (exact) mass is 220 g/mol. The van der Waals surface area contributed by atoms with Crippen LogP contribution in [0, 0.1) is 0 Å². The van der Waals surface area contributed by atoms with Crippen molar-refractivity contribution in [3.63, 3.8) is 0 Å². The summed E-state index contributed by atoms with van der Waals surface area (Å²) in [6.07, 6.45) is 6.74. The lowest BCUT2D eigenvalue weighted by atomic mass is 10.3. The molecule has 1 saturated carbocycles. The van der Waals surface area contributed by atoms with Crippen LogP contribution in [-0.2, 0) is 0 Å². The van der Waals surface area contributed by atoms with Crippen molar-refractivity contribution in [1.29, 1.82) is 0 Å². The maximum atomic E-state index is 4.51. The van der Waals surface area contributed by atoms with E-state index in [0.717, 1.165) is 18.3 Å². The van der Waals surface area contributed by atoms with Gasteiger partial charge in [0, 0.05) is 25.8 Å². The predicted molar refractivity (Wildman–Crippen MR) is 66.9 cm³/mol. The predicted octanol–water partition coefficient (Wildman–Crippen LogP) is 2.29. The van der Waals surface area contributed by atoms with E-state index in [9.17, 15) is 0 Å². The summed E-state index contributed by atoms with van der Waals surface area (Å²) in [7, 11) is 2.08. The Labute approximate surface area is 97.1 Å². The van der Waals surface area contributed by atoms with E-state index >= 15 is 0 Å². The molecule has 1 aromatic rings. The molecule has 1 heterocycles. The number of hydrogen-bond donors (Lipinski definition) is 1. The first-order chi connectivity index (χ1) is 7.79. The molecule has 4 heteroatoms. The average Bonchev–Trinajstić information content (AvgIpc) is 3.10. The zero-order chi connectivity index (χ0) is 11.4. The van der Waals surface area contributed by atoms with E-state index in [4.69, 9.17) is 0 Å². The quantitative estimate of drug-likeness (QED) is 0.798. The molecule has 1 aliphatic carbocycles. The van der Waals surface area contributed by atoms with Crippen molar-refractivity contribution in [2.75, 3.05) is 23.8 Å². The van der Waals surface area contributed by atoms with Gasteiger partial charge in [-0.1, -0.05) is 13.3 Å². The third-order valence-electron chi connectivity index (χ3n) is 2.79. The summed E-state index contributed by atoms with van der Waals surface area (Å²) in [6.45, 7) is 3.25. The van der Waals surface area contributed by atoms with E-state index in [2.05, 4.69) is 34.2 Å². The molecule has 1 fully saturated rings. The van der Waals surface area contributed by atoms with Crippen molar-refractivity contribution in [3.05, 3.63) is 12.3 Å². The van der Waals surface area contributed by atoms with Gasteiger partial charge < -0.3 is 10.2 Å². The van der Waals surface area contributed by atoms with Crippen LogP contribution in [0.1, 0.15) is 32.6 Å². The molecule has 0 amide bonds. The lowest BCUT2D eigenvalue weighted by molar-refractivity contribution is 0.758. The van der Waals surface area contributed by atoms with E-state index in [1.54, 1.807) is 0 Å². The third-order valence-corrected chi connectivity index (χ3v) is 2.79. The van der Waals surface area contributed by atoms with Gasteiger partial charge in [0.15, 0.2) is 0 Å². The number of nitrogens with one attached hydrogen (secondary N) is 1. The first-order valence-electron chi connectivity index (χ1n) is 6.10. The van der Waals surface area contributed by atoms with Crippen LogP contribution in [0.3, 0.4) is 0 Å². The standard InChI is InChI=1S/C12H20N4/c1-3-4-9-16(2)11-7-8-13-12(15-11)14-10-5-6-10/h7-8,10H,3-6,9H2,1-2H3,(H,13,14,15). The highest BCUT2D eigenvalue weighted by Gasteiger charge is 2.21. The van der Waals surface area contributed by atoms with Crippen LogP contribution in [0.25, 0.3) is 0 Å². The van der Waals surface area contributed by atoms with Gasteiger partial charge in [-0.05, 0) is 25.3 Å². The fourth-order valence-corrected chi connectivity index (χ4v) is 1.55. The number of anilines is 2. The van der Waals surface area contributed by atoms with E-state index in [1.807, 2.05) is 12.3 Å². The van der Waals surface area contributed by atoms with Gasteiger partial charge in [0.05, 0.1) is 0 Å². The molecule has 0 aliphatic heterocycles. The van der Waals surface area contributed by atoms with Crippen molar-refractivity contribution in [2.24, 2.45) is 0 Å². The largest absolute Gasteiger partial charge is 0.360 e. The van der Waals surface area contributed by atoms with Crippen LogP contribution in [0.15, 0.2) is 12.3 Å². The van der Waals surface area contributed by atoms with Gasteiger partial charge >= 0.3 is 0 Å². The van der Waals surface area contributed by atoms with Crippen LogP contribution in [0.5, 0.6) is 0 Å². The summed E-state index contributed by atoms with van der Waals surface area (Å²) in [5, 5.41) is 3.32. The van der Waals surface area contributed by atoms with Crippen LogP contribution in [0.4, 0.5) is 11.8 Å². The van der Waals surface area contributed by atoms with Gasteiger partial charge in [0.1, 0.15) is 5.82 Å². The van der Waals surface area contributed by atoms with E-state index in [0.29, 0.717) is 6.04 Å². The maximum Gasteiger partial charge on any atom is 0.224 e. The topological polar surface area (TPSA) is 41.1 Å². The fourth-order valence-electron chi connectivity index (χ4n) is 1.55. The van der Waals surface area contributed by atoms with Crippen molar-refractivity contribution in [1.82, 2.24) is 9.97 Å². The number of hydrogen-bond acceptors (Lipinski definition) is 4.